The van der Waals surface area contributed by atoms with Crippen molar-refractivity contribution in [2.75, 3.05) is 7.05 Å². The topological polar surface area (TPSA) is 46.3 Å². The van der Waals surface area contributed by atoms with Crippen LogP contribution in [0.4, 0.5) is 0 Å². The lowest BCUT2D eigenvalue weighted by Crippen LogP contribution is -2.03. The summed E-state index contributed by atoms with van der Waals surface area (Å²) in [4.78, 5) is 11.8. The Labute approximate surface area is 53.4 Å². The van der Waals surface area contributed by atoms with Gasteiger partial charge in [-0.15, -0.1) is 0 Å². The Morgan fingerprint density at radius 1 is 1.89 bits per heavy atom. The second-order valence-corrected chi connectivity index (χ2v) is 2.04. The molecule has 1 aliphatic rings. The Morgan fingerprint density at radius 2 is 2.56 bits per heavy atom. The van der Waals surface area contributed by atoms with Gasteiger partial charge < -0.3 is 10.6 Å². The van der Waals surface area contributed by atoms with E-state index in [0.717, 1.165) is 5.70 Å². The summed E-state index contributed by atoms with van der Waals surface area (Å²) in [5.41, 5.74) is 6.73. The summed E-state index contributed by atoms with van der Waals surface area (Å²) in [6.45, 7) is 0. The number of rotatable bonds is 0. The molecule has 0 radical (unpaired) electrons. The van der Waals surface area contributed by atoms with E-state index < -0.39 is 0 Å². The first-order valence-corrected chi connectivity index (χ1v) is 2.67. The maximum absolute atomic E-state index is 10.1. The first kappa shape index (κ1) is 5.92. The normalized spacial score (nSPS) is 17.7. The van der Waals surface area contributed by atoms with Crippen LogP contribution in [0.15, 0.2) is 17.6 Å². The molecule has 0 saturated heterocycles. The molecular formula is C6H8N2O. The molecule has 3 nitrogen and oxygen atoms in total. The third-order valence-corrected chi connectivity index (χ3v) is 1.27. The summed E-state index contributed by atoms with van der Waals surface area (Å²) >= 11 is 0. The van der Waals surface area contributed by atoms with Crippen molar-refractivity contribution in [3.8, 4) is 0 Å². The van der Waals surface area contributed by atoms with Crippen molar-refractivity contribution >= 4 is 5.94 Å². The van der Waals surface area contributed by atoms with E-state index in [0.29, 0.717) is 12.1 Å². The molecule has 0 aromatic heterocycles. The standard InChI is InChI=1S/C6H8N2O/c1-8-3-5(7)2-6(8)4-9/h3H,2,7H2,1H3. The highest BCUT2D eigenvalue weighted by atomic mass is 16.1. The van der Waals surface area contributed by atoms with Crippen LogP contribution in [0.1, 0.15) is 6.42 Å². The lowest BCUT2D eigenvalue weighted by atomic mass is 10.3. The highest BCUT2D eigenvalue weighted by molar-refractivity contribution is 5.54. The lowest BCUT2D eigenvalue weighted by molar-refractivity contribution is 0.542. The molecule has 9 heavy (non-hydrogen) atoms. The Hall–Kier alpha value is -1.21. The van der Waals surface area contributed by atoms with Crippen molar-refractivity contribution in [3.05, 3.63) is 17.6 Å². The first-order chi connectivity index (χ1) is 4.24. The summed E-state index contributed by atoms with van der Waals surface area (Å²) in [5.74, 6) is 1.80. The van der Waals surface area contributed by atoms with E-state index in [1.165, 1.54) is 0 Å². The predicted molar refractivity (Wildman–Crippen MR) is 33.9 cm³/mol. The van der Waals surface area contributed by atoms with Crippen LogP contribution in [-0.2, 0) is 4.79 Å². The minimum absolute atomic E-state index is 0.542. The molecule has 1 heterocycles. The largest absolute Gasteiger partial charge is 0.401 e. The minimum Gasteiger partial charge on any atom is -0.401 e. The van der Waals surface area contributed by atoms with Gasteiger partial charge in [-0.05, 0) is 0 Å². The van der Waals surface area contributed by atoms with Crippen molar-refractivity contribution in [1.29, 1.82) is 0 Å². The first-order valence-electron chi connectivity index (χ1n) is 2.67. The zero-order valence-corrected chi connectivity index (χ0v) is 5.22. The van der Waals surface area contributed by atoms with E-state index >= 15 is 0 Å². The SMILES string of the molecule is CN1C=C(N)CC1=C=O. The van der Waals surface area contributed by atoms with Gasteiger partial charge in [-0.25, -0.2) is 4.79 Å². The number of nitrogens with two attached hydrogens (primary N) is 1. The molecule has 2 N–H and O–H groups in total. The van der Waals surface area contributed by atoms with Crippen LogP contribution in [0.3, 0.4) is 0 Å². The Bertz CT molecular complexity index is 201. The minimum atomic E-state index is 0.542. The Balaban J connectivity index is 2.83. The van der Waals surface area contributed by atoms with Gasteiger partial charge in [-0.3, -0.25) is 0 Å². The van der Waals surface area contributed by atoms with Crippen molar-refractivity contribution < 1.29 is 4.79 Å². The summed E-state index contributed by atoms with van der Waals surface area (Å²) < 4.78 is 0. The Kier molecular flexibility index (Phi) is 1.29. The highest BCUT2D eigenvalue weighted by Gasteiger charge is 2.12. The zero-order chi connectivity index (χ0) is 6.85. The van der Waals surface area contributed by atoms with Gasteiger partial charge in [0.25, 0.3) is 0 Å². The van der Waals surface area contributed by atoms with Crippen LogP contribution >= 0.6 is 0 Å². The quantitative estimate of drug-likeness (QED) is 0.456. The van der Waals surface area contributed by atoms with Gasteiger partial charge in [0.15, 0.2) is 0 Å². The van der Waals surface area contributed by atoms with Crippen LogP contribution in [0.5, 0.6) is 0 Å². The van der Waals surface area contributed by atoms with E-state index in [2.05, 4.69) is 0 Å². The summed E-state index contributed by atoms with van der Waals surface area (Å²) in [6.07, 6.45) is 2.26. The molecule has 0 fully saturated rings. The van der Waals surface area contributed by atoms with Crippen LogP contribution < -0.4 is 5.73 Å². The fraction of sp³-hybridized carbons (Fsp3) is 0.333. The molecule has 0 bridgehead atoms. The van der Waals surface area contributed by atoms with Gasteiger partial charge in [0.1, 0.15) is 11.6 Å². The van der Waals surface area contributed by atoms with Crippen molar-refractivity contribution in [1.82, 2.24) is 4.90 Å². The van der Waals surface area contributed by atoms with E-state index in [1.54, 1.807) is 24.1 Å². The predicted octanol–water partition coefficient (Wildman–Crippen LogP) is -0.163. The number of hydrogen-bond acceptors (Lipinski definition) is 3. The molecule has 0 unspecified atom stereocenters. The molecule has 0 atom stereocenters. The van der Waals surface area contributed by atoms with E-state index in [4.69, 9.17) is 5.73 Å². The van der Waals surface area contributed by atoms with Gasteiger partial charge in [0, 0.05) is 25.4 Å². The number of nitrogens with zero attached hydrogens (tertiary/aromatic N) is 1. The number of carbonyl (C=O) groups excluding carboxylic acids is 1. The molecule has 0 aromatic carbocycles. The maximum Gasteiger partial charge on any atom is 0.146 e. The number of hydrogen-bond donors (Lipinski definition) is 1. The summed E-state index contributed by atoms with van der Waals surface area (Å²) in [7, 11) is 1.78. The van der Waals surface area contributed by atoms with Crippen molar-refractivity contribution in [2.24, 2.45) is 5.73 Å². The molecule has 0 saturated carbocycles. The molecule has 3 heteroatoms. The van der Waals surface area contributed by atoms with Gasteiger partial charge in [-0.2, -0.15) is 0 Å². The molecule has 0 aliphatic carbocycles. The molecule has 0 amide bonds. The third kappa shape index (κ3) is 0.952. The molecule has 48 valence electrons. The second-order valence-electron chi connectivity index (χ2n) is 2.04. The molecular weight excluding hydrogens is 116 g/mol. The van der Waals surface area contributed by atoms with Crippen LogP contribution in [0, 0.1) is 0 Å². The molecule has 0 spiro atoms. The van der Waals surface area contributed by atoms with E-state index in [-0.39, 0.29) is 0 Å². The average molecular weight is 124 g/mol. The zero-order valence-electron chi connectivity index (χ0n) is 5.22. The molecule has 1 aliphatic heterocycles. The highest BCUT2D eigenvalue weighted by Crippen LogP contribution is 2.15. The van der Waals surface area contributed by atoms with Gasteiger partial charge in [0.2, 0.25) is 0 Å². The van der Waals surface area contributed by atoms with Gasteiger partial charge >= 0.3 is 0 Å². The molecule has 1 rings (SSSR count). The summed E-state index contributed by atoms with van der Waals surface area (Å²) in [6, 6.07) is 0. The van der Waals surface area contributed by atoms with Crippen molar-refractivity contribution in [2.45, 2.75) is 6.42 Å². The van der Waals surface area contributed by atoms with Gasteiger partial charge in [0.05, 0.1) is 0 Å². The fourth-order valence-corrected chi connectivity index (χ4v) is 0.798. The van der Waals surface area contributed by atoms with Crippen LogP contribution in [0.25, 0.3) is 0 Å². The van der Waals surface area contributed by atoms with Crippen molar-refractivity contribution in [3.63, 3.8) is 0 Å². The van der Waals surface area contributed by atoms with E-state index in [1.807, 2.05) is 0 Å². The fourth-order valence-electron chi connectivity index (χ4n) is 0.798. The monoisotopic (exact) mass is 124 g/mol. The smallest absolute Gasteiger partial charge is 0.146 e. The second kappa shape index (κ2) is 1.96. The third-order valence-electron chi connectivity index (χ3n) is 1.27. The maximum atomic E-state index is 10.1. The average Bonchev–Trinajstić information content (AvgIpc) is 2.10. The summed E-state index contributed by atoms with van der Waals surface area (Å²) in [5, 5.41) is 0. The molecule has 0 aromatic rings. The van der Waals surface area contributed by atoms with E-state index in [9.17, 15) is 4.79 Å². The lowest BCUT2D eigenvalue weighted by Gasteiger charge is -2.03. The van der Waals surface area contributed by atoms with Gasteiger partial charge in [-0.1, -0.05) is 0 Å². The Morgan fingerprint density at radius 3 is 2.78 bits per heavy atom. The van der Waals surface area contributed by atoms with Crippen LogP contribution in [-0.4, -0.2) is 17.9 Å². The van der Waals surface area contributed by atoms with Crippen LogP contribution in [0.2, 0.25) is 0 Å².